The quantitative estimate of drug-likeness (QED) is 0.708. The van der Waals surface area contributed by atoms with Crippen LogP contribution in [0.3, 0.4) is 0 Å². The van der Waals surface area contributed by atoms with Crippen molar-refractivity contribution in [2.75, 3.05) is 57.3 Å². The second kappa shape index (κ2) is 10.8. The summed E-state index contributed by atoms with van der Waals surface area (Å²) < 4.78 is 6.14. The summed E-state index contributed by atoms with van der Waals surface area (Å²) in [4.78, 5) is 19.7. The van der Waals surface area contributed by atoms with Crippen LogP contribution in [0.1, 0.15) is 32.1 Å². The Morgan fingerprint density at radius 1 is 0.968 bits per heavy atom. The average molecular weight is 432 g/mol. The van der Waals surface area contributed by atoms with Crippen LogP contribution in [0, 0.1) is 5.92 Å². The number of amides is 1. The Morgan fingerprint density at radius 2 is 1.68 bits per heavy atom. The molecule has 0 radical (unpaired) electrons. The maximum atomic E-state index is 13.1. The zero-order chi connectivity index (χ0) is 21.6. The maximum Gasteiger partial charge on any atom is 0.254 e. The van der Waals surface area contributed by atoms with Crippen LogP contribution in [0.2, 0.25) is 0 Å². The first kappa shape index (κ1) is 22.5. The van der Waals surface area contributed by atoms with Crippen molar-refractivity contribution < 1.29 is 19.7 Å². The number of rotatable bonds is 6. The summed E-state index contributed by atoms with van der Waals surface area (Å²) in [5, 5.41) is 19.8. The number of aliphatic hydroxyl groups is 2. The van der Waals surface area contributed by atoms with Crippen molar-refractivity contribution in [3.8, 4) is 0 Å². The second-order valence-electron chi connectivity index (χ2n) is 9.23. The minimum Gasteiger partial charge on any atom is -0.396 e. The molecule has 3 saturated heterocycles. The summed E-state index contributed by atoms with van der Waals surface area (Å²) in [6.07, 6.45) is 3.00. The number of ether oxygens (including phenoxy) is 1. The standard InChI is InChI=1S/C24H37N3O4/c28-18-19-8-11-25(12-9-19)13-10-21-6-7-22(29)23(31-21)24(30)27-16-14-26(15-17-27)20-4-2-1-3-5-20/h1-5,19,21-23,28-29H,6-18H2/t21-,22-,23-/m0/s1. The molecule has 0 unspecified atom stereocenters. The lowest BCUT2D eigenvalue weighted by Gasteiger charge is -2.40. The van der Waals surface area contributed by atoms with Crippen LogP contribution >= 0.6 is 0 Å². The molecule has 7 nitrogen and oxygen atoms in total. The van der Waals surface area contributed by atoms with Gasteiger partial charge in [0.1, 0.15) is 0 Å². The number of carbonyl (C=O) groups excluding carboxylic acids is 1. The van der Waals surface area contributed by atoms with Gasteiger partial charge in [-0.05, 0) is 63.2 Å². The van der Waals surface area contributed by atoms with Crippen molar-refractivity contribution in [2.45, 2.75) is 50.4 Å². The van der Waals surface area contributed by atoms with Gasteiger partial charge in [-0.15, -0.1) is 0 Å². The van der Waals surface area contributed by atoms with E-state index in [0.717, 1.165) is 58.4 Å². The molecule has 3 aliphatic rings. The number of anilines is 1. The van der Waals surface area contributed by atoms with Gasteiger partial charge >= 0.3 is 0 Å². The molecule has 0 aromatic heterocycles. The predicted molar refractivity (Wildman–Crippen MR) is 120 cm³/mol. The Balaban J connectivity index is 1.24. The van der Waals surface area contributed by atoms with Gasteiger partial charge in [0.05, 0.1) is 12.2 Å². The fourth-order valence-electron chi connectivity index (χ4n) is 5.03. The topological polar surface area (TPSA) is 76.5 Å². The van der Waals surface area contributed by atoms with E-state index in [9.17, 15) is 15.0 Å². The van der Waals surface area contributed by atoms with E-state index in [1.165, 1.54) is 5.69 Å². The van der Waals surface area contributed by atoms with Gasteiger partial charge in [-0.2, -0.15) is 0 Å². The van der Waals surface area contributed by atoms with Crippen LogP contribution in [0.5, 0.6) is 0 Å². The van der Waals surface area contributed by atoms with Gasteiger partial charge in [0.2, 0.25) is 0 Å². The molecule has 2 N–H and O–H groups in total. The molecule has 0 aliphatic carbocycles. The van der Waals surface area contributed by atoms with Crippen LogP contribution in [0.15, 0.2) is 30.3 Å². The van der Waals surface area contributed by atoms with Crippen molar-refractivity contribution in [2.24, 2.45) is 5.92 Å². The van der Waals surface area contributed by atoms with Crippen molar-refractivity contribution in [1.29, 1.82) is 0 Å². The molecule has 31 heavy (non-hydrogen) atoms. The van der Waals surface area contributed by atoms with Crippen molar-refractivity contribution in [3.63, 3.8) is 0 Å². The number of hydrogen-bond donors (Lipinski definition) is 2. The fraction of sp³-hybridized carbons (Fsp3) is 0.708. The number of benzene rings is 1. The number of piperidine rings is 1. The molecular formula is C24H37N3O4. The molecule has 3 fully saturated rings. The molecule has 1 aromatic carbocycles. The highest BCUT2D eigenvalue weighted by Gasteiger charge is 2.38. The van der Waals surface area contributed by atoms with Crippen molar-refractivity contribution >= 4 is 11.6 Å². The second-order valence-corrected chi connectivity index (χ2v) is 9.23. The fourth-order valence-corrected chi connectivity index (χ4v) is 5.03. The van der Waals surface area contributed by atoms with E-state index in [1.807, 2.05) is 23.1 Å². The predicted octanol–water partition coefficient (Wildman–Crippen LogP) is 1.34. The third kappa shape index (κ3) is 5.77. The third-order valence-electron chi connectivity index (χ3n) is 7.16. The number of carbonyl (C=O) groups is 1. The molecule has 7 heteroatoms. The normalized spacial score (nSPS) is 28.6. The summed E-state index contributed by atoms with van der Waals surface area (Å²) in [5.74, 6) is 0.385. The van der Waals surface area contributed by atoms with Gasteiger partial charge in [-0.1, -0.05) is 18.2 Å². The van der Waals surface area contributed by atoms with E-state index in [-0.39, 0.29) is 12.0 Å². The molecule has 1 amide bonds. The van der Waals surface area contributed by atoms with Gasteiger partial charge in [-0.25, -0.2) is 0 Å². The number of para-hydroxylation sites is 1. The van der Waals surface area contributed by atoms with Gasteiger partial charge < -0.3 is 29.6 Å². The van der Waals surface area contributed by atoms with Crippen molar-refractivity contribution in [1.82, 2.24) is 9.80 Å². The Morgan fingerprint density at radius 3 is 2.35 bits per heavy atom. The summed E-state index contributed by atoms with van der Waals surface area (Å²) in [7, 11) is 0. The summed E-state index contributed by atoms with van der Waals surface area (Å²) in [6, 6.07) is 10.3. The first-order chi connectivity index (χ1) is 15.1. The van der Waals surface area contributed by atoms with Crippen molar-refractivity contribution in [3.05, 3.63) is 30.3 Å². The minimum absolute atomic E-state index is 0.0264. The van der Waals surface area contributed by atoms with Crippen LogP contribution < -0.4 is 4.90 Å². The number of likely N-dealkylation sites (tertiary alicyclic amines) is 1. The van der Waals surface area contributed by atoms with Gasteiger partial charge in [0, 0.05) is 45.0 Å². The lowest BCUT2D eigenvalue weighted by Crippen LogP contribution is -2.56. The highest BCUT2D eigenvalue weighted by atomic mass is 16.5. The molecule has 3 heterocycles. The van der Waals surface area contributed by atoms with E-state index in [2.05, 4.69) is 21.9 Å². The number of piperazine rings is 1. The highest BCUT2D eigenvalue weighted by Crippen LogP contribution is 2.25. The first-order valence-electron chi connectivity index (χ1n) is 11.9. The highest BCUT2D eigenvalue weighted by molar-refractivity contribution is 5.82. The molecule has 0 bridgehead atoms. The average Bonchev–Trinajstić information content (AvgIpc) is 2.84. The number of aliphatic hydroxyl groups excluding tert-OH is 2. The molecule has 3 atom stereocenters. The summed E-state index contributed by atoms with van der Waals surface area (Å²) in [6.45, 7) is 6.20. The molecule has 3 aliphatic heterocycles. The molecular weight excluding hydrogens is 394 g/mol. The molecule has 0 spiro atoms. The van der Waals surface area contributed by atoms with E-state index in [4.69, 9.17) is 4.74 Å². The minimum atomic E-state index is -0.734. The zero-order valence-electron chi connectivity index (χ0n) is 18.4. The van der Waals surface area contributed by atoms with Gasteiger partial charge in [-0.3, -0.25) is 4.79 Å². The zero-order valence-corrected chi connectivity index (χ0v) is 18.4. The first-order valence-corrected chi connectivity index (χ1v) is 11.9. The Bertz CT molecular complexity index is 687. The lowest BCUT2D eigenvalue weighted by molar-refractivity contribution is -0.168. The van der Waals surface area contributed by atoms with Crippen LogP contribution in [0.25, 0.3) is 0 Å². The van der Waals surface area contributed by atoms with E-state index in [0.29, 0.717) is 32.0 Å². The smallest absolute Gasteiger partial charge is 0.254 e. The number of hydrogen-bond acceptors (Lipinski definition) is 6. The molecule has 172 valence electrons. The van der Waals surface area contributed by atoms with Crippen LogP contribution in [-0.2, 0) is 9.53 Å². The van der Waals surface area contributed by atoms with Gasteiger partial charge in [0.15, 0.2) is 6.10 Å². The van der Waals surface area contributed by atoms with E-state index >= 15 is 0 Å². The van der Waals surface area contributed by atoms with Gasteiger partial charge in [0.25, 0.3) is 5.91 Å². The Kier molecular flexibility index (Phi) is 7.82. The monoisotopic (exact) mass is 431 g/mol. The van der Waals surface area contributed by atoms with E-state index in [1.54, 1.807) is 0 Å². The van der Waals surface area contributed by atoms with E-state index < -0.39 is 12.2 Å². The summed E-state index contributed by atoms with van der Waals surface area (Å²) >= 11 is 0. The third-order valence-corrected chi connectivity index (χ3v) is 7.16. The SMILES string of the molecule is O=C([C@H]1O[C@H](CCN2CCC(CO)CC2)CC[C@@H]1O)N1CCN(c2ccccc2)CC1. The largest absolute Gasteiger partial charge is 0.396 e. The molecule has 4 rings (SSSR count). The van der Waals surface area contributed by atoms with Crippen LogP contribution in [-0.4, -0.2) is 96.7 Å². The Labute approximate surface area is 185 Å². The molecule has 1 aromatic rings. The Hall–Kier alpha value is -1.67. The number of nitrogens with zero attached hydrogens (tertiary/aromatic N) is 3. The maximum absolute atomic E-state index is 13.1. The summed E-state index contributed by atoms with van der Waals surface area (Å²) in [5.41, 5.74) is 1.19. The molecule has 0 saturated carbocycles. The van der Waals surface area contributed by atoms with Crippen LogP contribution in [0.4, 0.5) is 5.69 Å². The lowest BCUT2D eigenvalue weighted by atomic mass is 9.96.